The molecule has 24 heavy (non-hydrogen) atoms. The summed E-state index contributed by atoms with van der Waals surface area (Å²) in [4.78, 5) is 12.2. The van der Waals surface area contributed by atoms with E-state index in [9.17, 15) is 13.6 Å². The lowest BCUT2D eigenvalue weighted by atomic mass is 10.0. The molecule has 0 spiro atoms. The van der Waals surface area contributed by atoms with Crippen LogP contribution in [-0.2, 0) is 4.74 Å². The molecule has 0 saturated carbocycles. The van der Waals surface area contributed by atoms with Crippen LogP contribution in [0.4, 0.5) is 8.78 Å². The molecule has 0 saturated heterocycles. The zero-order valence-corrected chi connectivity index (χ0v) is 14.2. The van der Waals surface area contributed by atoms with Crippen molar-refractivity contribution >= 4 is 17.5 Å². The number of aromatic nitrogens is 2. The molecule has 0 aliphatic heterocycles. The van der Waals surface area contributed by atoms with Gasteiger partial charge in [0.15, 0.2) is 0 Å². The number of nitrogens with one attached hydrogen (secondary N) is 2. The van der Waals surface area contributed by atoms with Gasteiger partial charge in [-0.2, -0.15) is 5.10 Å². The van der Waals surface area contributed by atoms with Gasteiger partial charge in [-0.3, -0.25) is 9.89 Å². The van der Waals surface area contributed by atoms with Crippen LogP contribution < -0.4 is 5.32 Å². The Morgan fingerprint density at radius 1 is 1.42 bits per heavy atom. The molecule has 2 rings (SSSR count). The zero-order chi connectivity index (χ0) is 17.9. The van der Waals surface area contributed by atoms with Gasteiger partial charge >= 0.3 is 0 Å². The molecule has 0 aliphatic carbocycles. The monoisotopic (exact) mass is 357 g/mol. The van der Waals surface area contributed by atoms with Gasteiger partial charge < -0.3 is 10.1 Å². The molecule has 0 bridgehead atoms. The Balaban J connectivity index is 2.18. The molecule has 1 aromatic heterocycles. The van der Waals surface area contributed by atoms with Crippen molar-refractivity contribution in [3.63, 3.8) is 0 Å². The maximum Gasteiger partial charge on any atom is 0.280 e. The van der Waals surface area contributed by atoms with Crippen LogP contribution in [0.3, 0.4) is 0 Å². The average molecular weight is 358 g/mol. The van der Waals surface area contributed by atoms with Gasteiger partial charge in [-0.15, -0.1) is 0 Å². The quantitative estimate of drug-likeness (QED) is 0.826. The van der Waals surface area contributed by atoms with Crippen molar-refractivity contribution in [1.29, 1.82) is 0 Å². The lowest BCUT2D eigenvalue weighted by molar-refractivity contribution is 0.0641. The van der Waals surface area contributed by atoms with E-state index in [1.807, 2.05) is 19.1 Å². The predicted octanol–water partition coefficient (Wildman–Crippen LogP) is 3.82. The molecule has 2 aromatic rings. The van der Waals surface area contributed by atoms with E-state index in [-0.39, 0.29) is 5.56 Å². The lowest BCUT2D eigenvalue weighted by Gasteiger charge is -2.25. The largest absolute Gasteiger partial charge is 0.375 e. The standard InChI is InChI=1S/C16H18ClF2N3O2/c1-8-4-5-10(12(17)6-8)14(24-3)9(2)21-16(23)11-7-20-22-13(11)15(18)19/h4-7,9,14-15H,1-3H3,(H,20,22)(H,21,23). The van der Waals surface area contributed by atoms with E-state index < -0.39 is 30.2 Å². The number of H-pyrrole nitrogens is 1. The number of benzene rings is 1. The van der Waals surface area contributed by atoms with Gasteiger partial charge in [0, 0.05) is 17.7 Å². The molecule has 0 fully saturated rings. The van der Waals surface area contributed by atoms with Crippen LogP contribution in [0, 0.1) is 6.92 Å². The fourth-order valence-corrected chi connectivity index (χ4v) is 2.81. The van der Waals surface area contributed by atoms with E-state index in [2.05, 4.69) is 15.5 Å². The Hall–Kier alpha value is -1.99. The lowest BCUT2D eigenvalue weighted by Crippen LogP contribution is -2.38. The second-order valence-electron chi connectivity index (χ2n) is 5.44. The van der Waals surface area contributed by atoms with E-state index in [0.717, 1.165) is 11.8 Å². The molecule has 1 heterocycles. The first-order valence-corrected chi connectivity index (χ1v) is 7.64. The third kappa shape index (κ3) is 3.91. The number of aromatic amines is 1. The van der Waals surface area contributed by atoms with E-state index >= 15 is 0 Å². The van der Waals surface area contributed by atoms with Crippen LogP contribution in [-0.4, -0.2) is 29.3 Å². The molecule has 130 valence electrons. The highest BCUT2D eigenvalue weighted by atomic mass is 35.5. The minimum atomic E-state index is -2.81. The van der Waals surface area contributed by atoms with Gasteiger partial charge in [0.1, 0.15) is 11.8 Å². The van der Waals surface area contributed by atoms with Gasteiger partial charge in [0.25, 0.3) is 12.3 Å². The number of ether oxygens (including phenoxy) is 1. The second-order valence-corrected chi connectivity index (χ2v) is 5.85. The summed E-state index contributed by atoms with van der Waals surface area (Å²) in [5.41, 5.74) is 0.998. The summed E-state index contributed by atoms with van der Waals surface area (Å²) in [7, 11) is 1.49. The van der Waals surface area contributed by atoms with Gasteiger partial charge in [-0.1, -0.05) is 23.7 Å². The maximum absolute atomic E-state index is 12.8. The molecule has 8 heteroatoms. The molecule has 1 aromatic carbocycles. The fourth-order valence-electron chi connectivity index (χ4n) is 2.47. The summed E-state index contributed by atoms with van der Waals surface area (Å²) in [5, 5.41) is 8.80. The van der Waals surface area contributed by atoms with Crippen molar-refractivity contribution in [2.24, 2.45) is 0 Å². The molecular weight excluding hydrogens is 340 g/mol. The van der Waals surface area contributed by atoms with E-state index in [1.54, 1.807) is 13.0 Å². The zero-order valence-electron chi connectivity index (χ0n) is 13.4. The van der Waals surface area contributed by atoms with Crippen LogP contribution >= 0.6 is 11.6 Å². The number of hydrogen-bond donors (Lipinski definition) is 2. The third-order valence-corrected chi connectivity index (χ3v) is 3.99. The van der Waals surface area contributed by atoms with Crippen LogP contribution in [0.1, 0.15) is 46.6 Å². The van der Waals surface area contributed by atoms with Crippen LogP contribution in [0.5, 0.6) is 0 Å². The van der Waals surface area contributed by atoms with Crippen molar-refractivity contribution in [1.82, 2.24) is 15.5 Å². The van der Waals surface area contributed by atoms with Crippen LogP contribution in [0.15, 0.2) is 24.4 Å². The van der Waals surface area contributed by atoms with Crippen LogP contribution in [0.2, 0.25) is 5.02 Å². The van der Waals surface area contributed by atoms with Crippen molar-refractivity contribution in [3.05, 3.63) is 51.8 Å². The number of alkyl halides is 2. The first kappa shape index (κ1) is 18.4. The highest BCUT2D eigenvalue weighted by Crippen LogP contribution is 2.29. The van der Waals surface area contributed by atoms with Gasteiger partial charge in [0.2, 0.25) is 0 Å². The average Bonchev–Trinajstić information content (AvgIpc) is 3.00. The number of halogens is 3. The summed E-state index contributed by atoms with van der Waals surface area (Å²) in [6.45, 7) is 3.62. The Labute approximate surface area is 143 Å². The van der Waals surface area contributed by atoms with Gasteiger partial charge in [-0.05, 0) is 25.5 Å². The first-order valence-electron chi connectivity index (χ1n) is 7.26. The maximum atomic E-state index is 12.8. The van der Waals surface area contributed by atoms with Crippen molar-refractivity contribution in [2.75, 3.05) is 7.11 Å². The Bertz CT molecular complexity index is 721. The van der Waals surface area contributed by atoms with Crippen molar-refractivity contribution < 1.29 is 18.3 Å². The fraction of sp³-hybridized carbons (Fsp3) is 0.375. The van der Waals surface area contributed by atoms with Crippen molar-refractivity contribution in [3.8, 4) is 0 Å². The Kier molecular flexibility index (Phi) is 5.90. The normalized spacial score (nSPS) is 13.8. The second kappa shape index (κ2) is 7.72. The first-order chi connectivity index (χ1) is 11.3. The van der Waals surface area contributed by atoms with E-state index in [4.69, 9.17) is 16.3 Å². The Morgan fingerprint density at radius 2 is 2.12 bits per heavy atom. The van der Waals surface area contributed by atoms with E-state index in [0.29, 0.717) is 10.6 Å². The number of hydrogen-bond acceptors (Lipinski definition) is 3. The number of rotatable bonds is 6. The molecular formula is C16H18ClF2N3O2. The Morgan fingerprint density at radius 3 is 2.71 bits per heavy atom. The minimum Gasteiger partial charge on any atom is -0.375 e. The number of amides is 1. The molecule has 0 aliphatic rings. The topological polar surface area (TPSA) is 67.0 Å². The number of aryl methyl sites for hydroxylation is 1. The number of methoxy groups -OCH3 is 1. The summed E-state index contributed by atoms with van der Waals surface area (Å²) < 4.78 is 31.1. The predicted molar refractivity (Wildman–Crippen MR) is 86.4 cm³/mol. The summed E-state index contributed by atoms with van der Waals surface area (Å²) >= 11 is 6.24. The molecule has 2 atom stereocenters. The highest BCUT2D eigenvalue weighted by molar-refractivity contribution is 6.31. The SMILES string of the molecule is COC(c1ccc(C)cc1Cl)C(C)NC(=O)c1cn[nH]c1C(F)F. The van der Waals surface area contributed by atoms with E-state index in [1.165, 1.54) is 7.11 Å². The summed E-state index contributed by atoms with van der Waals surface area (Å²) in [6, 6.07) is 5.00. The molecule has 5 nitrogen and oxygen atoms in total. The minimum absolute atomic E-state index is 0.193. The number of carbonyl (C=O) groups is 1. The van der Waals surface area contributed by atoms with Gasteiger partial charge in [-0.25, -0.2) is 8.78 Å². The summed E-state index contributed by atoms with van der Waals surface area (Å²) in [5.74, 6) is -0.656. The number of nitrogens with zero attached hydrogens (tertiary/aromatic N) is 1. The van der Waals surface area contributed by atoms with Crippen LogP contribution in [0.25, 0.3) is 0 Å². The molecule has 2 unspecified atom stereocenters. The third-order valence-electron chi connectivity index (χ3n) is 3.66. The molecule has 0 radical (unpaired) electrons. The molecule has 2 N–H and O–H groups in total. The highest BCUT2D eigenvalue weighted by Gasteiger charge is 2.26. The van der Waals surface area contributed by atoms with Crippen molar-refractivity contribution in [2.45, 2.75) is 32.4 Å². The number of carbonyl (C=O) groups excluding carboxylic acids is 1. The van der Waals surface area contributed by atoms with Gasteiger partial charge in [0.05, 0.1) is 17.8 Å². The molecule has 1 amide bonds. The smallest absolute Gasteiger partial charge is 0.280 e. The summed E-state index contributed by atoms with van der Waals surface area (Å²) in [6.07, 6.45) is -2.26.